The number of para-hydroxylation sites is 1. The molecule has 0 radical (unpaired) electrons. The summed E-state index contributed by atoms with van der Waals surface area (Å²) in [5.74, 6) is -0.213. The molecule has 1 aromatic rings. The van der Waals surface area contributed by atoms with Crippen LogP contribution in [0.2, 0.25) is 0 Å². The molecule has 1 unspecified atom stereocenters. The lowest BCUT2D eigenvalue weighted by Crippen LogP contribution is -2.37. The van der Waals surface area contributed by atoms with Gasteiger partial charge in [0, 0.05) is 31.2 Å². The number of aliphatic hydroxyl groups is 1. The summed E-state index contributed by atoms with van der Waals surface area (Å²) in [5.41, 5.74) is 1.31. The number of benzene rings is 1. The molecule has 1 aromatic carbocycles. The second kappa shape index (κ2) is 5.70. The van der Waals surface area contributed by atoms with Gasteiger partial charge in [-0.15, -0.1) is 0 Å². The Bertz CT molecular complexity index is 478. The summed E-state index contributed by atoms with van der Waals surface area (Å²) in [6, 6.07) is 5.55. The Balaban J connectivity index is 1.91. The van der Waals surface area contributed by atoms with Gasteiger partial charge in [0.2, 0.25) is 0 Å². The van der Waals surface area contributed by atoms with Crippen LogP contribution in [0, 0.1) is 5.82 Å². The summed E-state index contributed by atoms with van der Waals surface area (Å²) in [6.07, 6.45) is 2.88. The Morgan fingerprint density at radius 3 is 2.85 bits per heavy atom. The van der Waals surface area contributed by atoms with Crippen molar-refractivity contribution in [2.45, 2.75) is 38.3 Å². The van der Waals surface area contributed by atoms with Gasteiger partial charge in [-0.3, -0.25) is 4.90 Å². The second-order valence-corrected chi connectivity index (χ2v) is 5.99. The van der Waals surface area contributed by atoms with E-state index in [2.05, 4.69) is 9.80 Å². The van der Waals surface area contributed by atoms with Crippen molar-refractivity contribution in [2.75, 3.05) is 31.1 Å². The molecule has 2 aliphatic rings. The minimum atomic E-state index is -0.636. The van der Waals surface area contributed by atoms with E-state index in [1.807, 2.05) is 6.07 Å². The zero-order valence-corrected chi connectivity index (χ0v) is 12.1. The van der Waals surface area contributed by atoms with E-state index >= 15 is 0 Å². The number of anilines is 1. The van der Waals surface area contributed by atoms with Crippen LogP contribution in [0.5, 0.6) is 0 Å². The van der Waals surface area contributed by atoms with Gasteiger partial charge in [0.25, 0.3) is 0 Å². The maximum absolute atomic E-state index is 14.3. The van der Waals surface area contributed by atoms with Gasteiger partial charge >= 0.3 is 0 Å². The van der Waals surface area contributed by atoms with Crippen molar-refractivity contribution in [3.63, 3.8) is 0 Å². The largest absolute Gasteiger partial charge is 0.389 e. The normalized spacial score (nSPS) is 25.4. The standard InChI is InChI=1S/C16H23FN2O/c1-12(20)14-6-2-7-15(17)16(14)19-10-4-9-18-8-3-5-13(18)11-19/h2,6-7,12-13,20H,3-5,8-11H2,1H3/t12-,13?/m1/s1. The minimum Gasteiger partial charge on any atom is -0.389 e. The highest BCUT2D eigenvalue weighted by atomic mass is 19.1. The van der Waals surface area contributed by atoms with Crippen LogP contribution in [0.4, 0.5) is 10.1 Å². The molecule has 3 nitrogen and oxygen atoms in total. The first-order valence-electron chi connectivity index (χ1n) is 7.62. The Morgan fingerprint density at radius 2 is 2.05 bits per heavy atom. The van der Waals surface area contributed by atoms with Crippen molar-refractivity contribution in [1.29, 1.82) is 0 Å². The predicted molar refractivity (Wildman–Crippen MR) is 78.5 cm³/mol. The fourth-order valence-corrected chi connectivity index (χ4v) is 3.61. The average molecular weight is 278 g/mol. The maximum Gasteiger partial charge on any atom is 0.146 e. The molecule has 2 fully saturated rings. The lowest BCUT2D eigenvalue weighted by atomic mass is 10.1. The van der Waals surface area contributed by atoms with Crippen molar-refractivity contribution in [1.82, 2.24) is 4.90 Å². The van der Waals surface area contributed by atoms with Gasteiger partial charge in [-0.1, -0.05) is 12.1 Å². The number of rotatable bonds is 2. The first-order chi connectivity index (χ1) is 9.66. The molecule has 110 valence electrons. The number of aliphatic hydroxyl groups excluding tert-OH is 1. The monoisotopic (exact) mass is 278 g/mol. The number of nitrogens with zero attached hydrogens (tertiary/aromatic N) is 2. The van der Waals surface area contributed by atoms with Crippen LogP contribution >= 0.6 is 0 Å². The molecule has 0 aliphatic carbocycles. The van der Waals surface area contributed by atoms with Gasteiger partial charge in [0.05, 0.1) is 11.8 Å². The van der Waals surface area contributed by atoms with Crippen LogP contribution < -0.4 is 4.90 Å². The first kappa shape index (κ1) is 13.8. The van der Waals surface area contributed by atoms with Gasteiger partial charge in [0.1, 0.15) is 5.82 Å². The topological polar surface area (TPSA) is 26.7 Å². The van der Waals surface area contributed by atoms with Crippen molar-refractivity contribution in [3.8, 4) is 0 Å². The third-order valence-electron chi connectivity index (χ3n) is 4.59. The molecule has 0 bridgehead atoms. The molecular formula is C16H23FN2O. The zero-order chi connectivity index (χ0) is 14.1. The number of fused-ring (bicyclic) bond motifs is 1. The SMILES string of the molecule is C[C@@H](O)c1cccc(F)c1N1CCCN2CCCC2C1. The highest BCUT2D eigenvalue weighted by Gasteiger charge is 2.30. The average Bonchev–Trinajstić information content (AvgIpc) is 2.76. The van der Waals surface area contributed by atoms with Crippen LogP contribution in [0.1, 0.15) is 37.9 Å². The van der Waals surface area contributed by atoms with Gasteiger partial charge in [-0.05, 0) is 38.8 Å². The molecular weight excluding hydrogens is 255 g/mol. The first-order valence-corrected chi connectivity index (χ1v) is 7.62. The quantitative estimate of drug-likeness (QED) is 0.900. The fraction of sp³-hybridized carbons (Fsp3) is 0.625. The molecule has 0 saturated carbocycles. The molecule has 2 heterocycles. The van der Waals surface area contributed by atoms with Crippen molar-refractivity contribution >= 4 is 5.69 Å². The molecule has 2 saturated heterocycles. The van der Waals surface area contributed by atoms with Gasteiger partial charge in [0.15, 0.2) is 0 Å². The lowest BCUT2D eigenvalue weighted by Gasteiger charge is -2.30. The Morgan fingerprint density at radius 1 is 1.25 bits per heavy atom. The van der Waals surface area contributed by atoms with Crippen molar-refractivity contribution in [2.24, 2.45) is 0 Å². The Hall–Kier alpha value is -1.13. The number of hydrogen-bond donors (Lipinski definition) is 1. The third kappa shape index (κ3) is 2.54. The fourth-order valence-electron chi connectivity index (χ4n) is 3.61. The van der Waals surface area contributed by atoms with E-state index in [9.17, 15) is 9.50 Å². The van der Waals surface area contributed by atoms with Gasteiger partial charge < -0.3 is 10.0 Å². The van der Waals surface area contributed by atoms with Crippen molar-refractivity contribution < 1.29 is 9.50 Å². The second-order valence-electron chi connectivity index (χ2n) is 5.99. The van der Waals surface area contributed by atoms with Crippen LogP contribution in [0.25, 0.3) is 0 Å². The summed E-state index contributed by atoms with van der Waals surface area (Å²) in [5, 5.41) is 9.91. The highest BCUT2D eigenvalue weighted by Crippen LogP contribution is 2.32. The number of halogens is 1. The summed E-state index contributed by atoms with van der Waals surface area (Å²) >= 11 is 0. The summed E-state index contributed by atoms with van der Waals surface area (Å²) < 4.78 is 14.3. The molecule has 0 spiro atoms. The molecule has 20 heavy (non-hydrogen) atoms. The minimum absolute atomic E-state index is 0.213. The summed E-state index contributed by atoms with van der Waals surface area (Å²) in [6.45, 7) is 5.74. The van der Waals surface area contributed by atoms with E-state index in [1.54, 1.807) is 13.0 Å². The van der Waals surface area contributed by atoms with Gasteiger partial charge in [-0.2, -0.15) is 0 Å². The predicted octanol–water partition coefficient (Wildman–Crippen LogP) is 2.55. The van der Waals surface area contributed by atoms with Crippen LogP contribution in [0.3, 0.4) is 0 Å². The summed E-state index contributed by atoms with van der Waals surface area (Å²) in [7, 11) is 0. The molecule has 0 aromatic heterocycles. The Kier molecular flexibility index (Phi) is 3.94. The van der Waals surface area contributed by atoms with Gasteiger partial charge in [-0.25, -0.2) is 4.39 Å². The third-order valence-corrected chi connectivity index (χ3v) is 4.59. The van der Waals surface area contributed by atoms with E-state index in [0.29, 0.717) is 17.3 Å². The molecule has 0 amide bonds. The summed E-state index contributed by atoms with van der Waals surface area (Å²) in [4.78, 5) is 4.68. The van der Waals surface area contributed by atoms with Crippen LogP contribution in [-0.2, 0) is 0 Å². The van der Waals surface area contributed by atoms with Crippen LogP contribution in [-0.4, -0.2) is 42.2 Å². The molecule has 2 aliphatic heterocycles. The van der Waals surface area contributed by atoms with Crippen molar-refractivity contribution in [3.05, 3.63) is 29.6 Å². The van der Waals surface area contributed by atoms with E-state index in [1.165, 1.54) is 25.5 Å². The number of hydrogen-bond acceptors (Lipinski definition) is 3. The van der Waals surface area contributed by atoms with E-state index in [0.717, 1.165) is 26.1 Å². The molecule has 1 N–H and O–H groups in total. The van der Waals surface area contributed by atoms with E-state index < -0.39 is 6.10 Å². The molecule has 2 atom stereocenters. The van der Waals surface area contributed by atoms with E-state index in [4.69, 9.17) is 0 Å². The smallest absolute Gasteiger partial charge is 0.146 e. The molecule has 4 heteroatoms. The van der Waals surface area contributed by atoms with Crippen LogP contribution in [0.15, 0.2) is 18.2 Å². The maximum atomic E-state index is 14.3. The lowest BCUT2D eigenvalue weighted by molar-refractivity contribution is 0.199. The van der Waals surface area contributed by atoms with E-state index in [-0.39, 0.29) is 5.82 Å². The Labute approximate surface area is 120 Å². The zero-order valence-electron chi connectivity index (χ0n) is 12.1. The molecule has 3 rings (SSSR count). The highest BCUT2D eigenvalue weighted by molar-refractivity contribution is 5.56.